The average Bonchev–Trinajstić information content (AvgIpc) is 3.11. The van der Waals surface area contributed by atoms with Crippen LogP contribution in [0.1, 0.15) is 45.4 Å². The van der Waals surface area contributed by atoms with Crippen LogP contribution in [-0.4, -0.2) is 48.2 Å². The molecule has 3 fully saturated rings. The molecule has 0 spiro atoms. The van der Waals surface area contributed by atoms with Crippen molar-refractivity contribution in [2.24, 2.45) is 0 Å². The second kappa shape index (κ2) is 4.82. The summed E-state index contributed by atoms with van der Waals surface area (Å²) < 4.78 is 5.38. The number of piperidine rings is 1. The Morgan fingerprint density at radius 1 is 1.33 bits per heavy atom. The van der Waals surface area contributed by atoms with E-state index in [0.717, 1.165) is 25.9 Å². The number of hydrogen-bond acceptors (Lipinski definition) is 4. The molecule has 2 heterocycles. The number of carbonyl (C=O) groups is 1. The Morgan fingerprint density at radius 3 is 2.89 bits per heavy atom. The van der Waals surface area contributed by atoms with Crippen molar-refractivity contribution >= 4 is 5.97 Å². The van der Waals surface area contributed by atoms with Crippen LogP contribution < -0.4 is 5.32 Å². The minimum Gasteiger partial charge on any atom is -0.465 e. The first-order valence-electron chi connectivity index (χ1n) is 7.45. The fourth-order valence-electron chi connectivity index (χ4n) is 3.62. The van der Waals surface area contributed by atoms with Crippen molar-refractivity contribution in [1.82, 2.24) is 10.2 Å². The van der Waals surface area contributed by atoms with Crippen molar-refractivity contribution in [3.05, 3.63) is 0 Å². The molecule has 1 aliphatic carbocycles. The fourth-order valence-corrected chi connectivity index (χ4v) is 3.62. The highest BCUT2D eigenvalue weighted by atomic mass is 16.5. The normalized spacial score (nSPS) is 36.4. The zero-order valence-corrected chi connectivity index (χ0v) is 11.3. The van der Waals surface area contributed by atoms with E-state index in [1.54, 1.807) is 0 Å². The van der Waals surface area contributed by atoms with E-state index in [0.29, 0.717) is 18.7 Å². The van der Waals surface area contributed by atoms with Crippen LogP contribution in [0.25, 0.3) is 0 Å². The van der Waals surface area contributed by atoms with E-state index < -0.39 is 5.54 Å². The summed E-state index contributed by atoms with van der Waals surface area (Å²) in [6.45, 7) is 4.58. The summed E-state index contributed by atoms with van der Waals surface area (Å²) in [6.07, 6.45) is 7.01. The van der Waals surface area contributed by atoms with E-state index in [9.17, 15) is 4.79 Å². The van der Waals surface area contributed by atoms with Crippen LogP contribution in [0.3, 0.4) is 0 Å². The average molecular weight is 252 g/mol. The molecule has 0 radical (unpaired) electrons. The molecule has 3 rings (SSSR count). The van der Waals surface area contributed by atoms with Gasteiger partial charge in [0.05, 0.1) is 6.61 Å². The molecule has 4 nitrogen and oxygen atoms in total. The third-order valence-corrected chi connectivity index (χ3v) is 4.65. The number of esters is 1. The number of ether oxygens (including phenoxy) is 1. The smallest absolute Gasteiger partial charge is 0.328 e. The lowest BCUT2D eigenvalue weighted by Gasteiger charge is -2.39. The van der Waals surface area contributed by atoms with Crippen LogP contribution in [-0.2, 0) is 9.53 Å². The van der Waals surface area contributed by atoms with Crippen LogP contribution in [0.15, 0.2) is 0 Å². The molecule has 1 N–H and O–H groups in total. The molecule has 0 amide bonds. The van der Waals surface area contributed by atoms with E-state index >= 15 is 0 Å². The van der Waals surface area contributed by atoms with Gasteiger partial charge in [-0.25, -0.2) is 4.79 Å². The van der Waals surface area contributed by atoms with Gasteiger partial charge >= 0.3 is 5.97 Å². The molecular weight excluding hydrogens is 228 g/mol. The Morgan fingerprint density at radius 2 is 2.17 bits per heavy atom. The van der Waals surface area contributed by atoms with E-state index in [2.05, 4.69) is 10.2 Å². The molecule has 0 aromatic rings. The summed E-state index contributed by atoms with van der Waals surface area (Å²) in [7, 11) is 0. The Bertz CT molecular complexity index is 330. The Hall–Kier alpha value is -0.610. The van der Waals surface area contributed by atoms with E-state index in [4.69, 9.17) is 4.74 Å². The van der Waals surface area contributed by atoms with E-state index in [1.165, 1.54) is 25.7 Å². The van der Waals surface area contributed by atoms with Crippen molar-refractivity contribution in [2.45, 2.75) is 63.1 Å². The standard InChI is InChI=1S/C14H24N2O2/c1-2-18-13(17)14(15-11-6-7-11)8-10-16-9-4-3-5-12(14)16/h11-12,15H,2-10H2,1H3. The first-order chi connectivity index (χ1) is 8.76. The SMILES string of the molecule is CCOC(=O)C1(NC2CC2)CCN2CCCCC21. The van der Waals surface area contributed by atoms with Crippen molar-refractivity contribution in [3.63, 3.8) is 0 Å². The summed E-state index contributed by atoms with van der Waals surface area (Å²) in [4.78, 5) is 15.0. The zero-order valence-electron chi connectivity index (χ0n) is 11.3. The Balaban J connectivity index is 1.81. The largest absolute Gasteiger partial charge is 0.465 e. The molecule has 3 aliphatic rings. The summed E-state index contributed by atoms with van der Waals surface area (Å²) in [5, 5.41) is 3.63. The Kier molecular flexibility index (Phi) is 3.32. The maximum absolute atomic E-state index is 12.5. The molecular formula is C14H24N2O2. The molecule has 0 aromatic heterocycles. The van der Waals surface area contributed by atoms with Crippen molar-refractivity contribution in [2.75, 3.05) is 19.7 Å². The molecule has 2 saturated heterocycles. The number of hydrogen-bond donors (Lipinski definition) is 1. The molecule has 2 aliphatic heterocycles. The van der Waals surface area contributed by atoms with Crippen LogP contribution in [0.4, 0.5) is 0 Å². The predicted molar refractivity (Wildman–Crippen MR) is 69.4 cm³/mol. The summed E-state index contributed by atoms with van der Waals surface area (Å²) in [6, 6.07) is 0.919. The summed E-state index contributed by atoms with van der Waals surface area (Å²) >= 11 is 0. The molecule has 2 atom stereocenters. The number of nitrogens with zero attached hydrogens (tertiary/aromatic N) is 1. The van der Waals surface area contributed by atoms with Crippen molar-refractivity contribution < 1.29 is 9.53 Å². The molecule has 102 valence electrons. The predicted octanol–water partition coefficient (Wildman–Crippen LogP) is 1.30. The minimum atomic E-state index is -0.405. The van der Waals surface area contributed by atoms with Crippen LogP contribution in [0.5, 0.6) is 0 Å². The van der Waals surface area contributed by atoms with Gasteiger partial charge in [-0.3, -0.25) is 10.2 Å². The monoisotopic (exact) mass is 252 g/mol. The van der Waals surface area contributed by atoms with Crippen LogP contribution in [0.2, 0.25) is 0 Å². The second-order valence-electron chi connectivity index (χ2n) is 5.91. The van der Waals surface area contributed by atoms with Crippen LogP contribution in [0, 0.1) is 0 Å². The molecule has 2 unspecified atom stereocenters. The highest BCUT2D eigenvalue weighted by molar-refractivity contribution is 5.82. The topological polar surface area (TPSA) is 41.6 Å². The highest BCUT2D eigenvalue weighted by Gasteiger charge is 2.55. The van der Waals surface area contributed by atoms with Gasteiger partial charge in [0.15, 0.2) is 0 Å². The van der Waals surface area contributed by atoms with Crippen molar-refractivity contribution in [3.8, 4) is 0 Å². The van der Waals surface area contributed by atoms with Gasteiger partial charge in [0.25, 0.3) is 0 Å². The third kappa shape index (κ3) is 2.05. The molecule has 18 heavy (non-hydrogen) atoms. The number of nitrogens with one attached hydrogen (secondary N) is 1. The molecule has 0 aromatic carbocycles. The van der Waals surface area contributed by atoms with Gasteiger partial charge < -0.3 is 4.74 Å². The third-order valence-electron chi connectivity index (χ3n) is 4.65. The lowest BCUT2D eigenvalue weighted by Crippen LogP contribution is -2.62. The Labute approximate surface area is 109 Å². The lowest BCUT2D eigenvalue weighted by molar-refractivity contribution is -0.153. The number of fused-ring (bicyclic) bond motifs is 1. The van der Waals surface area contributed by atoms with Crippen LogP contribution >= 0.6 is 0 Å². The van der Waals surface area contributed by atoms with Gasteiger partial charge in [-0.1, -0.05) is 6.42 Å². The summed E-state index contributed by atoms with van der Waals surface area (Å²) in [5.74, 6) is -0.00806. The first kappa shape index (κ1) is 12.4. The van der Waals surface area contributed by atoms with Gasteiger partial charge in [-0.2, -0.15) is 0 Å². The quantitative estimate of drug-likeness (QED) is 0.766. The molecule has 0 bridgehead atoms. The highest BCUT2D eigenvalue weighted by Crippen LogP contribution is 2.38. The van der Waals surface area contributed by atoms with E-state index in [-0.39, 0.29) is 5.97 Å². The maximum atomic E-state index is 12.5. The lowest BCUT2D eigenvalue weighted by atomic mass is 9.85. The van der Waals surface area contributed by atoms with Gasteiger partial charge in [-0.05, 0) is 45.6 Å². The number of carbonyl (C=O) groups excluding carboxylic acids is 1. The van der Waals surface area contributed by atoms with Gasteiger partial charge in [-0.15, -0.1) is 0 Å². The molecule has 1 saturated carbocycles. The zero-order chi connectivity index (χ0) is 12.6. The van der Waals surface area contributed by atoms with Crippen molar-refractivity contribution in [1.29, 1.82) is 0 Å². The fraction of sp³-hybridized carbons (Fsp3) is 0.929. The van der Waals surface area contributed by atoms with E-state index in [1.807, 2.05) is 6.92 Å². The van der Waals surface area contributed by atoms with Gasteiger partial charge in [0.2, 0.25) is 0 Å². The number of rotatable bonds is 4. The maximum Gasteiger partial charge on any atom is 0.328 e. The summed E-state index contributed by atoms with van der Waals surface area (Å²) in [5.41, 5.74) is -0.405. The second-order valence-corrected chi connectivity index (χ2v) is 5.91. The minimum absolute atomic E-state index is 0.00806. The molecule has 4 heteroatoms. The first-order valence-corrected chi connectivity index (χ1v) is 7.45. The van der Waals surface area contributed by atoms with Gasteiger partial charge in [0, 0.05) is 18.6 Å². The van der Waals surface area contributed by atoms with Gasteiger partial charge in [0.1, 0.15) is 5.54 Å².